The molecule has 0 bridgehead atoms. The maximum absolute atomic E-state index is 5.93. The average Bonchev–Trinajstić information content (AvgIpc) is 2.56. The van der Waals surface area contributed by atoms with Gasteiger partial charge in [-0.1, -0.05) is 6.92 Å². The van der Waals surface area contributed by atoms with Crippen LogP contribution in [-0.2, 0) is 18.9 Å². The van der Waals surface area contributed by atoms with Crippen LogP contribution in [0.15, 0.2) is 6.07 Å². The summed E-state index contributed by atoms with van der Waals surface area (Å²) in [7, 11) is 3.26. The van der Waals surface area contributed by atoms with Crippen molar-refractivity contribution in [3.05, 3.63) is 22.3 Å². The maximum atomic E-state index is 5.93. The highest BCUT2D eigenvalue weighted by Gasteiger charge is 2.22. The minimum atomic E-state index is -0.407. The summed E-state index contributed by atoms with van der Waals surface area (Å²) in [4.78, 5) is 0. The molecular weight excluding hydrogens is 653 g/mol. The third kappa shape index (κ3) is 7.35. The average molecular weight is 676 g/mol. The van der Waals surface area contributed by atoms with Gasteiger partial charge in [0.2, 0.25) is 0 Å². The summed E-state index contributed by atoms with van der Waals surface area (Å²) < 4.78 is 30.8. The first kappa shape index (κ1) is 23.1. The molecule has 0 aliphatic heterocycles. The summed E-state index contributed by atoms with van der Waals surface area (Å²) >= 11 is 6.86. The van der Waals surface area contributed by atoms with Gasteiger partial charge in [-0.15, -0.1) is 0 Å². The van der Waals surface area contributed by atoms with Gasteiger partial charge in [0.05, 0.1) is 27.0 Å². The zero-order chi connectivity index (χ0) is 17.9. The van der Waals surface area contributed by atoms with Crippen molar-refractivity contribution in [2.24, 2.45) is 0 Å². The number of methoxy groups -OCH3 is 2. The summed E-state index contributed by atoms with van der Waals surface area (Å²) in [5.41, 5.74) is 0.991. The van der Waals surface area contributed by atoms with Crippen molar-refractivity contribution >= 4 is 67.8 Å². The highest BCUT2D eigenvalue weighted by molar-refractivity contribution is 14.1. The van der Waals surface area contributed by atoms with Crippen LogP contribution in [0.2, 0.25) is 0 Å². The molecule has 0 aliphatic rings. The van der Waals surface area contributed by atoms with Gasteiger partial charge in [0.25, 0.3) is 0 Å². The van der Waals surface area contributed by atoms with E-state index in [1.165, 1.54) is 0 Å². The van der Waals surface area contributed by atoms with E-state index in [0.717, 1.165) is 35.1 Å². The van der Waals surface area contributed by atoms with Crippen LogP contribution >= 0.6 is 67.8 Å². The number of halogens is 3. The standard InChI is InChI=1S/C16H23I3O5/c1-4-5-22-6-7-23-8-9-24-15-12(18)10-11(17)13(14(15)19)16(20-2)21-3/h10,16H,4-9H2,1-3H3. The lowest BCUT2D eigenvalue weighted by Gasteiger charge is -2.20. The smallest absolute Gasteiger partial charge is 0.185 e. The SMILES string of the molecule is CCCOCCOCCOc1c(I)cc(I)c(C(OC)OC)c1I. The molecule has 0 amide bonds. The van der Waals surface area contributed by atoms with E-state index in [4.69, 9.17) is 23.7 Å². The van der Waals surface area contributed by atoms with Gasteiger partial charge >= 0.3 is 0 Å². The van der Waals surface area contributed by atoms with Crippen molar-refractivity contribution in [3.63, 3.8) is 0 Å². The lowest BCUT2D eigenvalue weighted by molar-refractivity contribution is -0.107. The van der Waals surface area contributed by atoms with Gasteiger partial charge in [-0.25, -0.2) is 0 Å². The van der Waals surface area contributed by atoms with Crippen LogP contribution < -0.4 is 4.74 Å². The number of ether oxygens (including phenoxy) is 5. The molecule has 0 N–H and O–H groups in total. The fourth-order valence-corrected chi connectivity index (χ4v) is 6.13. The zero-order valence-electron chi connectivity index (χ0n) is 14.1. The second kappa shape index (κ2) is 13.3. The molecular formula is C16H23I3O5. The Hall–Kier alpha value is 1.05. The van der Waals surface area contributed by atoms with E-state index in [-0.39, 0.29) is 0 Å². The molecule has 1 aromatic rings. The summed E-state index contributed by atoms with van der Waals surface area (Å²) in [6.45, 7) is 5.10. The zero-order valence-corrected chi connectivity index (χ0v) is 20.5. The highest BCUT2D eigenvalue weighted by Crippen LogP contribution is 2.37. The molecule has 0 saturated carbocycles. The Kier molecular flexibility index (Phi) is 12.8. The number of benzene rings is 1. The van der Waals surface area contributed by atoms with Gasteiger partial charge in [0, 0.05) is 30.0 Å². The highest BCUT2D eigenvalue weighted by atomic mass is 127. The Balaban J connectivity index is 2.60. The van der Waals surface area contributed by atoms with Gasteiger partial charge in [-0.05, 0) is 80.3 Å². The third-order valence-electron chi connectivity index (χ3n) is 3.02. The van der Waals surface area contributed by atoms with Crippen LogP contribution in [0.5, 0.6) is 5.75 Å². The molecule has 1 rings (SSSR count). The number of hydrogen-bond acceptors (Lipinski definition) is 5. The molecule has 0 aliphatic carbocycles. The van der Waals surface area contributed by atoms with E-state index < -0.39 is 6.29 Å². The minimum Gasteiger partial charge on any atom is -0.489 e. The third-order valence-corrected chi connectivity index (χ3v) is 5.79. The van der Waals surface area contributed by atoms with Crippen LogP contribution in [-0.4, -0.2) is 47.3 Å². The Morgan fingerprint density at radius 3 is 2.04 bits per heavy atom. The van der Waals surface area contributed by atoms with Gasteiger partial charge in [-0.3, -0.25) is 0 Å². The van der Waals surface area contributed by atoms with E-state index in [9.17, 15) is 0 Å². The second-order valence-corrected chi connectivity index (χ2v) is 8.18. The van der Waals surface area contributed by atoms with Crippen LogP contribution in [0, 0.1) is 10.7 Å². The maximum Gasteiger partial charge on any atom is 0.185 e. The van der Waals surface area contributed by atoms with Gasteiger partial charge in [0.15, 0.2) is 6.29 Å². The molecule has 5 nitrogen and oxygen atoms in total. The van der Waals surface area contributed by atoms with Gasteiger partial charge < -0.3 is 23.7 Å². The molecule has 1 aromatic carbocycles. The summed E-state index contributed by atoms with van der Waals surface area (Å²) in [6.07, 6.45) is 0.620. The predicted octanol–water partition coefficient (Wildman–Crippen LogP) is 4.61. The lowest BCUT2D eigenvalue weighted by atomic mass is 10.2. The van der Waals surface area contributed by atoms with E-state index in [1.54, 1.807) is 14.2 Å². The lowest BCUT2D eigenvalue weighted by Crippen LogP contribution is -2.14. The topological polar surface area (TPSA) is 46.2 Å². The summed E-state index contributed by atoms with van der Waals surface area (Å²) in [5.74, 6) is 0.844. The Morgan fingerprint density at radius 2 is 1.46 bits per heavy atom. The first-order chi connectivity index (χ1) is 11.6. The molecule has 0 spiro atoms. The van der Waals surface area contributed by atoms with Gasteiger partial charge in [0.1, 0.15) is 12.4 Å². The molecule has 0 radical (unpaired) electrons. The monoisotopic (exact) mass is 676 g/mol. The molecule has 0 aromatic heterocycles. The molecule has 0 fully saturated rings. The minimum absolute atomic E-state index is 0.407. The molecule has 8 heteroatoms. The van der Waals surface area contributed by atoms with Crippen molar-refractivity contribution in [2.45, 2.75) is 19.6 Å². The van der Waals surface area contributed by atoms with Crippen LogP contribution in [0.3, 0.4) is 0 Å². The quantitative estimate of drug-likeness (QED) is 0.184. The first-order valence-corrected chi connectivity index (χ1v) is 10.8. The fourth-order valence-electron chi connectivity index (χ4n) is 1.94. The van der Waals surface area contributed by atoms with E-state index in [2.05, 4.69) is 80.8 Å². The van der Waals surface area contributed by atoms with E-state index in [0.29, 0.717) is 26.4 Å². The van der Waals surface area contributed by atoms with Crippen molar-refractivity contribution in [1.29, 1.82) is 0 Å². The van der Waals surface area contributed by atoms with Crippen LogP contribution in [0.25, 0.3) is 0 Å². The molecule has 0 heterocycles. The second-order valence-electron chi connectivity index (χ2n) is 4.77. The largest absolute Gasteiger partial charge is 0.489 e. The first-order valence-electron chi connectivity index (χ1n) is 7.58. The van der Waals surface area contributed by atoms with Crippen molar-refractivity contribution in [3.8, 4) is 5.75 Å². The van der Waals surface area contributed by atoms with Crippen LogP contribution in [0.1, 0.15) is 25.2 Å². The fraction of sp³-hybridized carbons (Fsp3) is 0.625. The van der Waals surface area contributed by atoms with E-state index in [1.807, 2.05) is 0 Å². The predicted molar refractivity (Wildman–Crippen MR) is 119 cm³/mol. The normalized spacial score (nSPS) is 11.3. The Labute approximate surface area is 184 Å². The summed E-state index contributed by atoms with van der Waals surface area (Å²) in [6, 6.07) is 2.07. The Morgan fingerprint density at radius 1 is 0.875 bits per heavy atom. The van der Waals surface area contributed by atoms with Crippen molar-refractivity contribution in [1.82, 2.24) is 0 Å². The van der Waals surface area contributed by atoms with E-state index >= 15 is 0 Å². The molecule has 0 unspecified atom stereocenters. The molecule has 0 atom stereocenters. The van der Waals surface area contributed by atoms with Crippen molar-refractivity contribution in [2.75, 3.05) is 47.3 Å². The van der Waals surface area contributed by atoms with Gasteiger partial charge in [-0.2, -0.15) is 0 Å². The summed E-state index contributed by atoms with van der Waals surface area (Å²) in [5, 5.41) is 0. The number of rotatable bonds is 12. The van der Waals surface area contributed by atoms with Crippen LogP contribution in [0.4, 0.5) is 0 Å². The molecule has 0 saturated heterocycles. The molecule has 24 heavy (non-hydrogen) atoms. The Bertz CT molecular complexity index is 495. The molecule has 138 valence electrons. The van der Waals surface area contributed by atoms with Crippen molar-refractivity contribution < 1.29 is 23.7 Å². The number of hydrogen-bond donors (Lipinski definition) is 0.